The Morgan fingerprint density at radius 1 is 0.967 bits per heavy atom. The first-order valence-electron chi connectivity index (χ1n) is 11.0. The van der Waals surface area contributed by atoms with Gasteiger partial charge in [0.1, 0.15) is 11.4 Å². The standard InChI is InChI=1S/C26H33N3S/c1-18-10-9-11-19(2)22(18)27-23-26(16-14-20(15-17-26)25(3,4)5)29(24(30)28-23)21-12-7-6-8-13-21/h6-13,20H,14-17H2,1-5H3,(H,27,28,30). The summed E-state index contributed by atoms with van der Waals surface area (Å²) in [6.45, 7) is 11.4. The molecule has 3 nitrogen and oxygen atoms in total. The van der Waals surface area contributed by atoms with Crippen LogP contribution in [0.25, 0.3) is 0 Å². The van der Waals surface area contributed by atoms with Gasteiger partial charge in [-0.05, 0) is 86.3 Å². The fraction of sp³-hybridized carbons (Fsp3) is 0.462. The Bertz CT molecular complexity index is 943. The van der Waals surface area contributed by atoms with Gasteiger partial charge in [-0.3, -0.25) is 0 Å². The second-order valence-corrected chi connectivity index (χ2v) is 10.3. The van der Waals surface area contributed by atoms with E-state index in [9.17, 15) is 0 Å². The first kappa shape index (κ1) is 21.0. The van der Waals surface area contributed by atoms with Gasteiger partial charge in [0.15, 0.2) is 0 Å². The second-order valence-electron chi connectivity index (χ2n) is 9.98. The molecular weight excluding hydrogens is 386 g/mol. The van der Waals surface area contributed by atoms with Crippen LogP contribution < -0.4 is 10.2 Å². The smallest absolute Gasteiger partial charge is 0.202 e. The highest BCUT2D eigenvalue weighted by atomic mass is 32.1. The lowest BCUT2D eigenvalue weighted by Gasteiger charge is -2.47. The Balaban J connectivity index is 1.74. The predicted octanol–water partition coefficient (Wildman–Crippen LogP) is 6.89. The Morgan fingerprint density at radius 3 is 2.13 bits per heavy atom. The average Bonchev–Trinajstić information content (AvgIpc) is 2.96. The summed E-state index contributed by atoms with van der Waals surface area (Å²) < 4.78 is 0. The van der Waals surface area contributed by atoms with E-state index in [1.807, 2.05) is 0 Å². The number of aryl methyl sites for hydroxylation is 2. The predicted molar refractivity (Wildman–Crippen MR) is 133 cm³/mol. The van der Waals surface area contributed by atoms with Crippen molar-refractivity contribution in [3.05, 3.63) is 59.7 Å². The summed E-state index contributed by atoms with van der Waals surface area (Å²) in [6, 6.07) is 17.0. The summed E-state index contributed by atoms with van der Waals surface area (Å²) in [6.07, 6.45) is 4.48. The maximum absolute atomic E-state index is 5.84. The molecule has 0 unspecified atom stereocenters. The summed E-state index contributed by atoms with van der Waals surface area (Å²) in [5.74, 6) is 1.73. The number of hydrogen-bond acceptors (Lipinski definition) is 2. The quantitative estimate of drug-likeness (QED) is 0.537. The number of benzene rings is 2. The Hall–Kier alpha value is -2.20. The van der Waals surface area contributed by atoms with Crippen LogP contribution in [0.1, 0.15) is 57.6 Å². The molecule has 0 radical (unpaired) electrons. The molecule has 30 heavy (non-hydrogen) atoms. The van der Waals surface area contributed by atoms with Crippen molar-refractivity contribution in [2.45, 2.75) is 65.8 Å². The van der Waals surface area contributed by atoms with Gasteiger partial charge in [0.05, 0.1) is 0 Å². The highest BCUT2D eigenvalue weighted by Gasteiger charge is 2.51. The fourth-order valence-electron chi connectivity index (χ4n) is 5.17. The zero-order valence-corrected chi connectivity index (χ0v) is 19.6. The van der Waals surface area contributed by atoms with Crippen molar-refractivity contribution in [3.8, 4) is 0 Å². The number of aliphatic imine (C=N–C) groups is 1. The molecule has 0 aromatic heterocycles. The number of para-hydroxylation sites is 2. The number of thiocarbonyl (C=S) groups is 1. The van der Waals surface area contributed by atoms with Gasteiger partial charge in [0.25, 0.3) is 0 Å². The molecule has 158 valence electrons. The van der Waals surface area contributed by atoms with Gasteiger partial charge >= 0.3 is 0 Å². The molecule has 1 aliphatic heterocycles. The molecule has 0 bridgehead atoms. The maximum atomic E-state index is 5.84. The molecule has 1 spiro atoms. The largest absolute Gasteiger partial charge is 0.341 e. The van der Waals surface area contributed by atoms with E-state index in [1.54, 1.807) is 0 Å². The van der Waals surface area contributed by atoms with Gasteiger partial charge in [-0.2, -0.15) is 0 Å². The average molecular weight is 420 g/mol. The summed E-state index contributed by atoms with van der Waals surface area (Å²) in [5.41, 5.74) is 4.90. The van der Waals surface area contributed by atoms with E-state index in [1.165, 1.54) is 24.0 Å². The molecule has 2 aromatic rings. The van der Waals surface area contributed by atoms with Gasteiger partial charge < -0.3 is 10.2 Å². The van der Waals surface area contributed by atoms with E-state index in [0.717, 1.165) is 36.0 Å². The lowest BCUT2D eigenvalue weighted by Crippen LogP contribution is -2.56. The van der Waals surface area contributed by atoms with E-state index in [2.05, 4.69) is 93.4 Å². The molecule has 4 heteroatoms. The normalized spacial score (nSPS) is 24.3. The third kappa shape index (κ3) is 3.66. The van der Waals surface area contributed by atoms with Crippen molar-refractivity contribution in [3.63, 3.8) is 0 Å². The zero-order chi connectivity index (χ0) is 21.5. The number of nitrogens with one attached hydrogen (secondary N) is 1. The van der Waals surface area contributed by atoms with Crippen LogP contribution >= 0.6 is 12.2 Å². The second kappa shape index (κ2) is 7.81. The zero-order valence-electron chi connectivity index (χ0n) is 18.8. The number of anilines is 2. The molecule has 0 atom stereocenters. The lowest BCUT2D eigenvalue weighted by molar-refractivity contribution is 0.158. The minimum atomic E-state index is -0.199. The monoisotopic (exact) mass is 419 g/mol. The van der Waals surface area contributed by atoms with Crippen molar-refractivity contribution in [2.24, 2.45) is 16.3 Å². The van der Waals surface area contributed by atoms with Gasteiger partial charge in [-0.1, -0.05) is 57.2 Å². The van der Waals surface area contributed by atoms with Crippen LogP contribution in [-0.2, 0) is 0 Å². The number of amidine groups is 1. The molecule has 1 saturated carbocycles. The van der Waals surface area contributed by atoms with E-state index in [4.69, 9.17) is 17.2 Å². The van der Waals surface area contributed by atoms with Crippen molar-refractivity contribution < 1.29 is 0 Å². The topological polar surface area (TPSA) is 27.6 Å². The summed E-state index contributed by atoms with van der Waals surface area (Å²) in [4.78, 5) is 7.27. The fourth-order valence-corrected chi connectivity index (χ4v) is 5.54. The number of rotatable bonds is 2. The van der Waals surface area contributed by atoms with E-state index < -0.39 is 0 Å². The van der Waals surface area contributed by atoms with Crippen LogP contribution in [-0.4, -0.2) is 16.5 Å². The first-order valence-corrected chi connectivity index (χ1v) is 11.4. The number of hydrogen-bond donors (Lipinski definition) is 1. The molecule has 1 N–H and O–H groups in total. The van der Waals surface area contributed by atoms with Gasteiger partial charge in [-0.25, -0.2) is 4.99 Å². The molecule has 1 fully saturated rings. The van der Waals surface area contributed by atoms with Crippen LogP contribution in [0.3, 0.4) is 0 Å². The Kier molecular flexibility index (Phi) is 5.48. The third-order valence-electron chi connectivity index (χ3n) is 7.04. The van der Waals surface area contributed by atoms with E-state index in [-0.39, 0.29) is 5.54 Å². The SMILES string of the molecule is Cc1cccc(C)c1NC1=NC(=S)N(c2ccccc2)C12CCC(C(C)(C)C)CC2. The van der Waals surface area contributed by atoms with Crippen molar-refractivity contribution in [1.82, 2.24) is 0 Å². The van der Waals surface area contributed by atoms with Crippen LogP contribution in [0.2, 0.25) is 0 Å². The van der Waals surface area contributed by atoms with Gasteiger partial charge in [0.2, 0.25) is 5.11 Å². The first-order chi connectivity index (χ1) is 14.2. The Morgan fingerprint density at radius 2 is 1.57 bits per heavy atom. The molecule has 0 saturated heterocycles. The van der Waals surface area contributed by atoms with Crippen LogP contribution in [0, 0.1) is 25.2 Å². The van der Waals surface area contributed by atoms with Crippen LogP contribution in [0.4, 0.5) is 11.4 Å². The van der Waals surface area contributed by atoms with E-state index in [0.29, 0.717) is 10.5 Å². The Labute approximate surface area is 186 Å². The molecular formula is C26H33N3S. The van der Waals surface area contributed by atoms with Crippen molar-refractivity contribution in [1.29, 1.82) is 0 Å². The van der Waals surface area contributed by atoms with Crippen LogP contribution in [0.15, 0.2) is 53.5 Å². The molecule has 1 aliphatic carbocycles. The molecule has 1 heterocycles. The summed E-state index contributed by atoms with van der Waals surface area (Å²) >= 11 is 5.84. The number of nitrogens with zero attached hydrogens (tertiary/aromatic N) is 2. The maximum Gasteiger partial charge on any atom is 0.202 e. The highest BCUT2D eigenvalue weighted by Crippen LogP contribution is 2.48. The molecule has 4 rings (SSSR count). The molecule has 0 amide bonds. The molecule has 2 aromatic carbocycles. The van der Waals surface area contributed by atoms with E-state index >= 15 is 0 Å². The summed E-state index contributed by atoms with van der Waals surface area (Å²) in [5, 5.41) is 4.41. The van der Waals surface area contributed by atoms with Gasteiger partial charge in [-0.15, -0.1) is 0 Å². The van der Waals surface area contributed by atoms with Crippen molar-refractivity contribution >= 4 is 34.5 Å². The van der Waals surface area contributed by atoms with Crippen LogP contribution in [0.5, 0.6) is 0 Å². The highest BCUT2D eigenvalue weighted by molar-refractivity contribution is 7.80. The van der Waals surface area contributed by atoms with Gasteiger partial charge in [0, 0.05) is 11.4 Å². The summed E-state index contributed by atoms with van der Waals surface area (Å²) in [7, 11) is 0. The van der Waals surface area contributed by atoms with Crippen molar-refractivity contribution in [2.75, 3.05) is 10.2 Å². The minimum absolute atomic E-state index is 0.199. The third-order valence-corrected chi connectivity index (χ3v) is 7.32. The molecule has 2 aliphatic rings. The lowest BCUT2D eigenvalue weighted by atomic mass is 9.66. The minimum Gasteiger partial charge on any atom is -0.341 e.